The monoisotopic (exact) mass is 423 g/mol. The van der Waals surface area contributed by atoms with Crippen LogP contribution in [0.3, 0.4) is 0 Å². The van der Waals surface area contributed by atoms with E-state index in [-0.39, 0.29) is 17.5 Å². The van der Waals surface area contributed by atoms with Crippen LogP contribution in [0, 0.1) is 11.8 Å². The fourth-order valence-electron chi connectivity index (χ4n) is 5.44. The number of fused-ring (bicyclic) bond motifs is 5. The molecule has 1 saturated carbocycles. The summed E-state index contributed by atoms with van der Waals surface area (Å²) in [6.07, 6.45) is 8.09. The fraction of sp³-hybridized carbons (Fsp3) is 0.520. The predicted octanol–water partition coefficient (Wildman–Crippen LogP) is 4.47. The Morgan fingerprint density at radius 1 is 1.29 bits per heavy atom. The van der Waals surface area contributed by atoms with E-state index in [1.54, 1.807) is 0 Å². The Morgan fingerprint density at radius 3 is 2.77 bits per heavy atom. The second-order valence-electron chi connectivity index (χ2n) is 9.44. The summed E-state index contributed by atoms with van der Waals surface area (Å²) in [5.74, 6) is 1.33. The number of pyridine rings is 1. The lowest BCUT2D eigenvalue weighted by atomic mass is 9.84. The van der Waals surface area contributed by atoms with Gasteiger partial charge in [0.15, 0.2) is 16.9 Å². The minimum atomic E-state index is -1.18. The number of aromatic carboxylic acids is 1. The molecule has 3 heterocycles. The minimum Gasteiger partial charge on any atom is -0.489 e. The van der Waals surface area contributed by atoms with Crippen LogP contribution in [-0.4, -0.2) is 28.9 Å². The highest BCUT2D eigenvalue weighted by molar-refractivity contribution is 5.88. The molecule has 2 aromatic rings. The Balaban J connectivity index is 1.63. The van der Waals surface area contributed by atoms with Crippen molar-refractivity contribution in [2.24, 2.45) is 11.8 Å². The van der Waals surface area contributed by atoms with E-state index in [1.807, 2.05) is 4.57 Å². The van der Waals surface area contributed by atoms with Gasteiger partial charge in [-0.3, -0.25) is 4.79 Å². The van der Waals surface area contributed by atoms with Crippen LogP contribution in [0.2, 0.25) is 0 Å². The maximum Gasteiger partial charge on any atom is 0.341 e. The van der Waals surface area contributed by atoms with Gasteiger partial charge < -0.3 is 19.1 Å². The highest BCUT2D eigenvalue weighted by Crippen LogP contribution is 2.48. The molecular formula is C25H29NO5. The van der Waals surface area contributed by atoms with Gasteiger partial charge in [0, 0.05) is 35.9 Å². The average Bonchev–Trinajstić information content (AvgIpc) is 3.42. The second-order valence-corrected chi connectivity index (χ2v) is 9.44. The zero-order valence-electron chi connectivity index (χ0n) is 18.1. The van der Waals surface area contributed by atoms with Crippen molar-refractivity contribution in [3.8, 4) is 22.8 Å². The van der Waals surface area contributed by atoms with E-state index in [9.17, 15) is 14.7 Å². The molecule has 0 radical (unpaired) electrons. The number of carboxylic acid groups (broad SMARTS) is 1. The summed E-state index contributed by atoms with van der Waals surface area (Å²) in [5.41, 5.74) is 3.42. The fourth-order valence-corrected chi connectivity index (χ4v) is 5.44. The van der Waals surface area contributed by atoms with E-state index >= 15 is 0 Å². The molecular weight excluding hydrogens is 394 g/mol. The maximum absolute atomic E-state index is 12.6. The van der Waals surface area contributed by atoms with Crippen molar-refractivity contribution in [1.29, 1.82) is 0 Å². The van der Waals surface area contributed by atoms with Crippen LogP contribution in [0.1, 0.15) is 67.1 Å². The molecule has 31 heavy (non-hydrogen) atoms. The van der Waals surface area contributed by atoms with Crippen LogP contribution >= 0.6 is 0 Å². The molecule has 164 valence electrons. The second kappa shape index (κ2) is 7.74. The van der Waals surface area contributed by atoms with Crippen LogP contribution in [-0.2, 0) is 12.8 Å². The van der Waals surface area contributed by atoms with Crippen LogP contribution in [0.5, 0.6) is 11.5 Å². The highest BCUT2D eigenvalue weighted by Gasteiger charge is 2.34. The Bertz CT molecular complexity index is 1090. The first-order valence-corrected chi connectivity index (χ1v) is 11.4. The van der Waals surface area contributed by atoms with Gasteiger partial charge in [-0.05, 0) is 42.7 Å². The molecule has 1 aromatic heterocycles. The van der Waals surface area contributed by atoms with Crippen molar-refractivity contribution >= 4 is 5.97 Å². The van der Waals surface area contributed by atoms with Gasteiger partial charge in [-0.15, -0.1) is 0 Å². The number of ether oxygens (including phenoxy) is 2. The first-order chi connectivity index (χ1) is 14.9. The summed E-state index contributed by atoms with van der Waals surface area (Å²) in [6.45, 7) is 5.58. The van der Waals surface area contributed by atoms with Crippen molar-refractivity contribution in [1.82, 2.24) is 4.57 Å². The van der Waals surface area contributed by atoms with Gasteiger partial charge in [-0.2, -0.15) is 0 Å². The van der Waals surface area contributed by atoms with Crippen LogP contribution in [0.4, 0.5) is 0 Å². The number of aromatic nitrogens is 1. The molecule has 5 rings (SSSR count). The zero-order valence-corrected chi connectivity index (χ0v) is 18.1. The number of nitrogens with zero attached hydrogens (tertiary/aromatic N) is 1. The van der Waals surface area contributed by atoms with Gasteiger partial charge in [-0.1, -0.05) is 26.7 Å². The van der Waals surface area contributed by atoms with E-state index in [0.29, 0.717) is 12.5 Å². The van der Waals surface area contributed by atoms with Gasteiger partial charge >= 0.3 is 5.97 Å². The summed E-state index contributed by atoms with van der Waals surface area (Å²) in [5, 5.41) is 9.48. The average molecular weight is 424 g/mol. The lowest BCUT2D eigenvalue weighted by Crippen LogP contribution is -2.28. The number of rotatable bonds is 5. The summed E-state index contributed by atoms with van der Waals surface area (Å²) in [4.78, 5) is 24.2. The Kier molecular flexibility index (Phi) is 5.03. The molecule has 1 atom stereocenters. The van der Waals surface area contributed by atoms with Crippen molar-refractivity contribution < 1.29 is 19.4 Å². The van der Waals surface area contributed by atoms with E-state index in [0.717, 1.165) is 53.3 Å². The number of hydrogen-bond acceptors (Lipinski definition) is 4. The van der Waals surface area contributed by atoms with Gasteiger partial charge in [0.1, 0.15) is 5.56 Å². The molecule has 0 spiro atoms. The SMILES string of the molecule is CC(C)C1Cc2cc(OCC3CCCC3)c3c(c2-c2cc(=O)c(C(=O)O)cn21)CCO3. The normalized spacial score (nSPS) is 19.6. The summed E-state index contributed by atoms with van der Waals surface area (Å²) in [7, 11) is 0. The number of carboxylic acids is 1. The van der Waals surface area contributed by atoms with Gasteiger partial charge in [0.05, 0.1) is 18.9 Å². The standard InChI is InChI=1S/C25H29NO5/c1-14(2)19-9-16-10-22(31-13-15-5-3-4-6-15)24-17(7-8-30-24)23(16)20-11-21(27)18(25(28)29)12-26(19)20/h10-12,14-15,19H,3-9,13H2,1-2H3,(H,28,29). The third kappa shape index (κ3) is 3.42. The maximum atomic E-state index is 12.6. The first-order valence-electron chi connectivity index (χ1n) is 11.4. The Hall–Kier alpha value is -2.76. The molecule has 0 saturated heterocycles. The van der Waals surface area contributed by atoms with Crippen molar-refractivity contribution in [3.63, 3.8) is 0 Å². The topological polar surface area (TPSA) is 77.8 Å². The van der Waals surface area contributed by atoms with E-state index in [4.69, 9.17) is 9.47 Å². The smallest absolute Gasteiger partial charge is 0.341 e. The molecule has 1 aliphatic carbocycles. The Morgan fingerprint density at radius 2 is 2.06 bits per heavy atom. The number of benzene rings is 1. The first kappa shape index (κ1) is 20.2. The molecule has 3 aliphatic rings. The summed E-state index contributed by atoms with van der Waals surface area (Å²) < 4.78 is 14.3. The molecule has 0 bridgehead atoms. The number of carbonyl (C=O) groups is 1. The molecule has 6 heteroatoms. The largest absolute Gasteiger partial charge is 0.489 e. The van der Waals surface area contributed by atoms with E-state index < -0.39 is 11.4 Å². The van der Waals surface area contributed by atoms with E-state index in [2.05, 4.69) is 19.9 Å². The van der Waals surface area contributed by atoms with E-state index in [1.165, 1.54) is 37.9 Å². The molecule has 1 aromatic carbocycles. The number of hydrogen-bond donors (Lipinski definition) is 1. The van der Waals surface area contributed by atoms with Crippen LogP contribution < -0.4 is 14.9 Å². The molecule has 0 amide bonds. The predicted molar refractivity (Wildman–Crippen MR) is 117 cm³/mol. The summed E-state index contributed by atoms with van der Waals surface area (Å²) >= 11 is 0. The third-order valence-electron chi connectivity index (χ3n) is 7.10. The molecule has 1 N–H and O–H groups in total. The molecule has 6 nitrogen and oxygen atoms in total. The molecule has 1 unspecified atom stereocenters. The summed E-state index contributed by atoms with van der Waals surface area (Å²) in [6, 6.07) is 3.67. The molecule has 1 fully saturated rings. The third-order valence-corrected chi connectivity index (χ3v) is 7.10. The van der Waals surface area contributed by atoms with Crippen molar-refractivity contribution in [2.75, 3.05) is 13.2 Å². The highest BCUT2D eigenvalue weighted by atomic mass is 16.5. The minimum absolute atomic E-state index is 0.0734. The quantitative estimate of drug-likeness (QED) is 0.768. The van der Waals surface area contributed by atoms with Crippen LogP contribution in [0.25, 0.3) is 11.3 Å². The lowest BCUT2D eigenvalue weighted by Gasteiger charge is -2.34. The lowest BCUT2D eigenvalue weighted by molar-refractivity contribution is 0.0694. The van der Waals surface area contributed by atoms with Crippen molar-refractivity contribution in [2.45, 2.75) is 58.4 Å². The molecule has 2 aliphatic heterocycles. The van der Waals surface area contributed by atoms with Gasteiger partial charge in [-0.25, -0.2) is 4.79 Å². The van der Waals surface area contributed by atoms with Gasteiger partial charge in [0.2, 0.25) is 0 Å². The zero-order chi connectivity index (χ0) is 21.7. The Labute approximate surface area is 181 Å². The van der Waals surface area contributed by atoms with Crippen molar-refractivity contribution in [3.05, 3.63) is 45.2 Å². The van der Waals surface area contributed by atoms with Gasteiger partial charge in [0.25, 0.3) is 0 Å². The van der Waals surface area contributed by atoms with Crippen LogP contribution in [0.15, 0.2) is 23.1 Å².